The van der Waals surface area contributed by atoms with Crippen LogP contribution in [-0.4, -0.2) is 50.4 Å². The van der Waals surface area contributed by atoms with Crippen molar-refractivity contribution >= 4 is 39.1 Å². The smallest absolute Gasteiger partial charge is 0.264 e. The quantitative estimate of drug-likeness (QED) is 0.247. The van der Waals surface area contributed by atoms with Gasteiger partial charge in [0.15, 0.2) is 0 Å². The van der Waals surface area contributed by atoms with Crippen LogP contribution in [-0.2, 0) is 26.2 Å². The van der Waals surface area contributed by atoms with Crippen molar-refractivity contribution in [1.82, 2.24) is 10.2 Å². The molecule has 11 heteroatoms. The average Bonchev–Trinajstić information content (AvgIpc) is 2.97. The summed E-state index contributed by atoms with van der Waals surface area (Å²) in [6, 6.07) is 16.6. The minimum Gasteiger partial charge on any atom is -0.494 e. The maximum absolute atomic E-state index is 14.1. The minimum absolute atomic E-state index is 0.0444. The van der Waals surface area contributed by atoms with Gasteiger partial charge in [-0.05, 0) is 92.9 Å². The van der Waals surface area contributed by atoms with E-state index in [0.29, 0.717) is 35.8 Å². The Morgan fingerprint density at radius 3 is 2.10 bits per heavy atom. The molecule has 0 aliphatic carbocycles. The van der Waals surface area contributed by atoms with Gasteiger partial charge in [0.25, 0.3) is 10.0 Å². The lowest BCUT2D eigenvalue weighted by atomic mass is 10.1. The molecule has 0 aromatic heterocycles. The van der Waals surface area contributed by atoms with Crippen molar-refractivity contribution in [1.29, 1.82) is 0 Å². The van der Waals surface area contributed by atoms with E-state index >= 15 is 0 Å². The van der Waals surface area contributed by atoms with E-state index in [2.05, 4.69) is 5.32 Å². The summed E-state index contributed by atoms with van der Waals surface area (Å²) < 4.78 is 48.0. The van der Waals surface area contributed by atoms with Crippen molar-refractivity contribution in [3.63, 3.8) is 0 Å². The van der Waals surface area contributed by atoms with Gasteiger partial charge in [-0.15, -0.1) is 0 Å². The fourth-order valence-corrected chi connectivity index (χ4v) is 5.83. The zero-order chi connectivity index (χ0) is 30.9. The number of sulfonamides is 1. The largest absolute Gasteiger partial charge is 0.494 e. The van der Waals surface area contributed by atoms with E-state index in [1.165, 1.54) is 41.3 Å². The third-order valence-electron chi connectivity index (χ3n) is 6.77. The Morgan fingerprint density at radius 1 is 0.929 bits per heavy atom. The number of benzene rings is 3. The highest BCUT2D eigenvalue weighted by Crippen LogP contribution is 2.26. The summed E-state index contributed by atoms with van der Waals surface area (Å²) in [5.41, 5.74) is 0.812. The maximum atomic E-state index is 14.1. The summed E-state index contributed by atoms with van der Waals surface area (Å²) in [6.07, 6.45) is 0.996. The summed E-state index contributed by atoms with van der Waals surface area (Å²) in [5.74, 6) is -1.000. The normalized spacial score (nSPS) is 12.7. The van der Waals surface area contributed by atoms with Crippen LogP contribution >= 0.6 is 11.6 Å². The number of carbonyl (C=O) groups excluding carboxylic acids is 2. The standard InChI is InChI=1S/C31H37ClFN3O5S/c1-5-22(4)34-31(38)29(6-2)35(20-23-8-10-24(32)11-9-23)30(37)21-36(26-14-12-25(33)13-15-26)42(39,40)28-18-16-27(17-19-28)41-7-3/h8-19,22,29H,5-7,20-21H2,1-4H3,(H,34,38)/t22-,29-/m0/s1. The van der Waals surface area contributed by atoms with Crippen molar-refractivity contribution in [3.05, 3.63) is 89.2 Å². The molecule has 0 fully saturated rings. The third-order valence-corrected chi connectivity index (χ3v) is 8.81. The summed E-state index contributed by atoms with van der Waals surface area (Å²) in [6.45, 7) is 7.25. The summed E-state index contributed by atoms with van der Waals surface area (Å²) in [7, 11) is -4.29. The molecule has 226 valence electrons. The Morgan fingerprint density at radius 2 is 1.55 bits per heavy atom. The lowest BCUT2D eigenvalue weighted by Gasteiger charge is -2.33. The molecule has 0 spiro atoms. The fourth-order valence-electron chi connectivity index (χ4n) is 4.28. The van der Waals surface area contributed by atoms with E-state index in [1.807, 2.05) is 20.8 Å². The molecule has 8 nitrogen and oxygen atoms in total. The second-order valence-corrected chi connectivity index (χ2v) is 12.1. The molecular formula is C31H37ClFN3O5S. The number of halogens is 2. The molecule has 0 unspecified atom stereocenters. The van der Waals surface area contributed by atoms with Gasteiger partial charge in [-0.25, -0.2) is 12.8 Å². The average molecular weight is 618 g/mol. The molecule has 42 heavy (non-hydrogen) atoms. The lowest BCUT2D eigenvalue weighted by molar-refractivity contribution is -0.140. The fraction of sp³-hybridized carbons (Fsp3) is 0.355. The molecule has 0 radical (unpaired) electrons. The first-order valence-corrected chi connectivity index (χ1v) is 15.7. The van der Waals surface area contributed by atoms with Crippen molar-refractivity contribution in [2.24, 2.45) is 0 Å². The molecule has 3 aromatic rings. The number of hydrogen-bond donors (Lipinski definition) is 1. The lowest BCUT2D eigenvalue weighted by Crippen LogP contribution is -2.53. The number of nitrogens with one attached hydrogen (secondary N) is 1. The first-order valence-electron chi connectivity index (χ1n) is 13.9. The molecule has 0 saturated carbocycles. The van der Waals surface area contributed by atoms with Crippen molar-refractivity contribution < 1.29 is 27.1 Å². The van der Waals surface area contributed by atoms with Crippen molar-refractivity contribution in [3.8, 4) is 5.75 Å². The number of anilines is 1. The number of ether oxygens (including phenoxy) is 1. The minimum atomic E-state index is -4.29. The predicted octanol–water partition coefficient (Wildman–Crippen LogP) is 5.80. The molecule has 3 aromatic carbocycles. The summed E-state index contributed by atoms with van der Waals surface area (Å²) in [4.78, 5) is 28.7. The molecule has 3 rings (SSSR count). The van der Waals surface area contributed by atoms with Crippen LogP contribution < -0.4 is 14.4 Å². The van der Waals surface area contributed by atoms with E-state index in [0.717, 1.165) is 16.4 Å². The molecule has 0 aliphatic heterocycles. The van der Waals surface area contributed by atoms with Gasteiger partial charge in [-0.3, -0.25) is 13.9 Å². The molecule has 2 atom stereocenters. The van der Waals surface area contributed by atoms with Gasteiger partial charge in [-0.1, -0.05) is 37.6 Å². The number of hydrogen-bond acceptors (Lipinski definition) is 5. The first-order chi connectivity index (χ1) is 20.0. The number of rotatable bonds is 14. The number of amides is 2. The van der Waals surface area contributed by atoms with Gasteiger partial charge in [0, 0.05) is 17.6 Å². The summed E-state index contributed by atoms with van der Waals surface area (Å²) >= 11 is 6.06. The Hall–Kier alpha value is -3.63. The van der Waals surface area contributed by atoms with E-state index in [4.69, 9.17) is 16.3 Å². The van der Waals surface area contributed by atoms with Gasteiger partial charge >= 0.3 is 0 Å². The Labute approximate surface area is 252 Å². The van der Waals surface area contributed by atoms with Crippen LogP contribution in [0.5, 0.6) is 5.75 Å². The second-order valence-electron chi connectivity index (χ2n) is 9.78. The maximum Gasteiger partial charge on any atom is 0.264 e. The number of nitrogens with zero attached hydrogens (tertiary/aromatic N) is 2. The molecule has 0 heterocycles. The third kappa shape index (κ3) is 8.45. The molecule has 1 N–H and O–H groups in total. The highest BCUT2D eigenvalue weighted by molar-refractivity contribution is 7.92. The molecule has 0 aliphatic rings. The van der Waals surface area contributed by atoms with Crippen LogP contribution in [0, 0.1) is 5.82 Å². The first kappa shape index (κ1) is 32.9. The van der Waals surface area contributed by atoms with Crippen LogP contribution in [0.1, 0.15) is 46.1 Å². The van der Waals surface area contributed by atoms with E-state index in [1.54, 1.807) is 31.2 Å². The Kier molecular flexibility index (Phi) is 11.8. The Balaban J connectivity index is 2.04. The van der Waals surface area contributed by atoms with Gasteiger partial charge in [0.2, 0.25) is 11.8 Å². The van der Waals surface area contributed by atoms with Gasteiger partial charge < -0.3 is 15.0 Å². The van der Waals surface area contributed by atoms with Crippen LogP contribution in [0.4, 0.5) is 10.1 Å². The molecular weight excluding hydrogens is 581 g/mol. The highest BCUT2D eigenvalue weighted by Gasteiger charge is 2.34. The number of carbonyl (C=O) groups is 2. The molecule has 2 amide bonds. The summed E-state index contributed by atoms with van der Waals surface area (Å²) in [5, 5.41) is 3.45. The van der Waals surface area contributed by atoms with Crippen LogP contribution in [0.2, 0.25) is 5.02 Å². The van der Waals surface area contributed by atoms with Gasteiger partial charge in [-0.2, -0.15) is 0 Å². The monoisotopic (exact) mass is 617 g/mol. The van der Waals surface area contributed by atoms with Crippen LogP contribution in [0.15, 0.2) is 77.7 Å². The second kappa shape index (κ2) is 15.0. The van der Waals surface area contributed by atoms with E-state index < -0.39 is 34.3 Å². The predicted molar refractivity (Wildman–Crippen MR) is 163 cm³/mol. The van der Waals surface area contributed by atoms with E-state index in [9.17, 15) is 22.4 Å². The molecule has 0 saturated heterocycles. The SMILES string of the molecule is CCOc1ccc(S(=O)(=O)N(CC(=O)N(Cc2ccc(Cl)cc2)[C@@H](CC)C(=O)N[C@@H](C)CC)c2ccc(F)cc2)cc1. The van der Waals surface area contributed by atoms with Gasteiger partial charge in [0.05, 0.1) is 17.2 Å². The Bertz CT molecular complexity index is 1430. The van der Waals surface area contributed by atoms with Gasteiger partial charge in [0.1, 0.15) is 24.2 Å². The zero-order valence-corrected chi connectivity index (χ0v) is 25.8. The highest BCUT2D eigenvalue weighted by atomic mass is 35.5. The zero-order valence-electron chi connectivity index (χ0n) is 24.2. The van der Waals surface area contributed by atoms with Crippen LogP contribution in [0.3, 0.4) is 0 Å². The van der Waals surface area contributed by atoms with Crippen molar-refractivity contribution in [2.75, 3.05) is 17.5 Å². The topological polar surface area (TPSA) is 96.0 Å². The van der Waals surface area contributed by atoms with E-state index in [-0.39, 0.29) is 29.1 Å². The molecule has 0 bridgehead atoms. The van der Waals surface area contributed by atoms with Crippen LogP contribution in [0.25, 0.3) is 0 Å². The van der Waals surface area contributed by atoms with Crippen molar-refractivity contribution in [2.45, 2.75) is 64.1 Å².